The zero-order valence-electron chi connectivity index (χ0n) is 40.1. The Balaban J connectivity index is 0.00000312. The number of allylic oxidation sites excluding steroid dienone is 4. The maximum atomic E-state index is 2.68. The summed E-state index contributed by atoms with van der Waals surface area (Å²) in [7, 11) is 0. The molecule has 0 heterocycles. The van der Waals surface area contributed by atoms with E-state index in [-0.39, 0.29) is 51.1 Å². The molecule has 0 fully saturated rings. The molecule has 0 N–H and O–H groups in total. The second kappa shape index (κ2) is 20.7. The monoisotopic (exact) mass is 1000 g/mol. The van der Waals surface area contributed by atoms with Gasteiger partial charge in [-0.2, -0.15) is 0 Å². The van der Waals surface area contributed by atoms with Gasteiger partial charge in [0.1, 0.15) is 0 Å². The Kier molecular flexibility index (Phi) is 14.9. The average molecular weight is 1010 g/mol. The van der Waals surface area contributed by atoms with E-state index < -0.39 is 21.3 Å². The molecule has 3 heteroatoms. The quantitative estimate of drug-likeness (QED) is 0.128. The molecule has 0 atom stereocenters. The van der Waals surface area contributed by atoms with Crippen LogP contribution in [0.5, 0.6) is 0 Å². The molecule has 2 aliphatic carbocycles. The van der Waals surface area contributed by atoms with Crippen LogP contribution in [0.1, 0.15) is 108 Å². The molecule has 0 nitrogen and oxygen atoms in total. The molecule has 0 aliphatic heterocycles. The number of hydrogen-bond donors (Lipinski definition) is 0. The number of benzene rings is 8. The van der Waals surface area contributed by atoms with Crippen LogP contribution in [0.15, 0.2) is 228 Å². The van der Waals surface area contributed by atoms with Crippen molar-refractivity contribution in [2.24, 2.45) is 0 Å². The van der Waals surface area contributed by atoms with Crippen molar-refractivity contribution < 1.29 is 21.3 Å². The zero-order valence-corrected chi connectivity index (χ0v) is 44.2. The minimum atomic E-state index is -3.33. The normalized spacial score (nSPS) is 13.1. The fourth-order valence-electron chi connectivity index (χ4n) is 11.0. The number of rotatable bonds is 10. The number of halogens is 2. The van der Waals surface area contributed by atoms with Crippen molar-refractivity contribution in [2.45, 2.75) is 74.3 Å². The Labute approximate surface area is 425 Å². The van der Waals surface area contributed by atoms with Crippen molar-refractivity contribution in [1.29, 1.82) is 0 Å². The molecule has 8 aromatic carbocycles. The predicted octanol–water partition coefficient (Wildman–Crippen LogP) is 17.8. The molecule has 340 valence electrons. The first kappa shape index (κ1) is 49.0. The van der Waals surface area contributed by atoms with E-state index in [0.29, 0.717) is 0 Å². The topological polar surface area (TPSA) is 0 Å². The van der Waals surface area contributed by atoms with Gasteiger partial charge in [-0.05, 0) is 0 Å². The summed E-state index contributed by atoms with van der Waals surface area (Å²) in [6.07, 6.45) is 8.33. The van der Waals surface area contributed by atoms with Crippen LogP contribution in [0.2, 0.25) is 0 Å². The molecule has 0 aromatic heterocycles. The van der Waals surface area contributed by atoms with E-state index in [1.165, 1.54) is 77.9 Å². The van der Waals surface area contributed by atoms with Crippen molar-refractivity contribution in [1.82, 2.24) is 0 Å². The fraction of sp³-hybridized carbons (Fsp3) is 0.185. The predicted molar refractivity (Wildman–Crippen MR) is 293 cm³/mol. The molecule has 0 unspecified atom stereocenters. The van der Waals surface area contributed by atoms with Gasteiger partial charge in [-0.3, -0.25) is 0 Å². The number of hydrogen-bond acceptors (Lipinski definition) is 0. The van der Waals surface area contributed by atoms with E-state index in [1.807, 2.05) is 0 Å². The Morgan fingerprint density at radius 1 is 0.426 bits per heavy atom. The molecule has 0 radical (unpaired) electrons. The SMILES string of the molecule is CC(C)(C)c1cc2c(cc1-c1ccccc1)[CH]([Zr]([C]1=CC=CC1)=[C](C(c1ccccc1)c1ccccc1)C(c1ccccc1)c1ccccc1)c1cc(-c3ccccc3)c(C(C)(C)C)cc1-2.Cl.Cl. The van der Waals surface area contributed by atoms with E-state index >= 15 is 0 Å². The second-order valence-electron chi connectivity index (χ2n) is 20.3. The minimum absolute atomic E-state index is 0. The Morgan fingerprint density at radius 3 is 1.04 bits per heavy atom. The molecule has 0 saturated heterocycles. The molecular weight excluding hydrogens is 943 g/mol. The molecule has 0 bridgehead atoms. The van der Waals surface area contributed by atoms with Gasteiger partial charge >= 0.3 is 404 Å². The van der Waals surface area contributed by atoms with Gasteiger partial charge in [0, 0.05) is 0 Å². The molecule has 68 heavy (non-hydrogen) atoms. The van der Waals surface area contributed by atoms with E-state index in [0.717, 1.165) is 6.42 Å². The van der Waals surface area contributed by atoms with Crippen LogP contribution in [0.25, 0.3) is 33.4 Å². The van der Waals surface area contributed by atoms with Gasteiger partial charge in [0.25, 0.3) is 0 Å². The maximum absolute atomic E-state index is 3.33. The summed E-state index contributed by atoms with van der Waals surface area (Å²) in [5, 5.41) is 0. The smallest absolute Gasteiger partial charge is 0.147 e. The van der Waals surface area contributed by atoms with Gasteiger partial charge in [0.05, 0.1) is 0 Å². The summed E-state index contributed by atoms with van der Waals surface area (Å²) in [5.74, 6) is 0.122. The van der Waals surface area contributed by atoms with E-state index in [2.05, 4.69) is 266 Å². The van der Waals surface area contributed by atoms with Crippen molar-refractivity contribution in [3.05, 3.63) is 272 Å². The largest absolute Gasteiger partial charge is 0.147 e. The van der Waals surface area contributed by atoms with Crippen LogP contribution in [-0.4, -0.2) is 3.21 Å². The van der Waals surface area contributed by atoms with Crippen LogP contribution in [0.4, 0.5) is 0 Å². The maximum Gasteiger partial charge on any atom is -0.147 e. The molecular formula is C65H62Cl2Zr. The third-order valence-electron chi connectivity index (χ3n) is 13.9. The molecule has 0 spiro atoms. The molecule has 0 amide bonds. The average Bonchev–Trinajstić information content (AvgIpc) is 3.99. The third kappa shape index (κ3) is 9.61. The van der Waals surface area contributed by atoms with Gasteiger partial charge in [0.2, 0.25) is 0 Å². The summed E-state index contributed by atoms with van der Waals surface area (Å²) in [6.45, 7) is 14.4. The Morgan fingerprint density at radius 2 is 0.750 bits per heavy atom. The van der Waals surface area contributed by atoms with Crippen molar-refractivity contribution >= 4 is 28.0 Å². The zero-order chi connectivity index (χ0) is 45.4. The van der Waals surface area contributed by atoms with Crippen molar-refractivity contribution in [3.63, 3.8) is 0 Å². The number of fused-ring (bicyclic) bond motifs is 3. The fourth-order valence-corrected chi connectivity index (χ4v) is 21.0. The third-order valence-corrected chi connectivity index (χ3v) is 22.5. The molecule has 2 aliphatic rings. The summed E-state index contributed by atoms with van der Waals surface area (Å²) in [4.78, 5) is 0. The second-order valence-corrected chi connectivity index (χ2v) is 26.8. The van der Waals surface area contributed by atoms with Crippen LogP contribution in [0, 0.1) is 0 Å². The summed E-state index contributed by atoms with van der Waals surface area (Å²) in [5.41, 5.74) is 19.2. The summed E-state index contributed by atoms with van der Waals surface area (Å²) in [6, 6.07) is 79.0. The van der Waals surface area contributed by atoms with E-state index in [9.17, 15) is 0 Å². The Bertz CT molecular complexity index is 2810. The summed E-state index contributed by atoms with van der Waals surface area (Å²) < 4.78 is 3.57. The first-order valence-corrected chi connectivity index (χ1v) is 27.7. The van der Waals surface area contributed by atoms with Crippen molar-refractivity contribution in [2.75, 3.05) is 0 Å². The Hall–Kier alpha value is -5.43. The van der Waals surface area contributed by atoms with Gasteiger partial charge in [-0.25, -0.2) is 0 Å². The minimum Gasteiger partial charge on any atom is -0.147 e. The van der Waals surface area contributed by atoms with Crippen LogP contribution >= 0.6 is 24.8 Å². The molecule has 8 aromatic rings. The van der Waals surface area contributed by atoms with Crippen molar-refractivity contribution in [3.8, 4) is 33.4 Å². The first-order valence-electron chi connectivity index (χ1n) is 23.8. The van der Waals surface area contributed by atoms with Crippen LogP contribution in [-0.2, 0) is 32.1 Å². The first-order chi connectivity index (χ1) is 32.1. The van der Waals surface area contributed by atoms with Gasteiger partial charge in [-0.15, -0.1) is 24.8 Å². The molecule has 10 rings (SSSR count). The van der Waals surface area contributed by atoms with E-state index in [4.69, 9.17) is 0 Å². The van der Waals surface area contributed by atoms with Gasteiger partial charge in [0.15, 0.2) is 0 Å². The van der Waals surface area contributed by atoms with Crippen LogP contribution < -0.4 is 0 Å². The van der Waals surface area contributed by atoms with E-state index in [1.54, 1.807) is 6.49 Å². The van der Waals surface area contributed by atoms with Crippen LogP contribution in [0.3, 0.4) is 0 Å². The van der Waals surface area contributed by atoms with Gasteiger partial charge < -0.3 is 0 Å². The summed E-state index contributed by atoms with van der Waals surface area (Å²) >= 11 is -3.33. The molecule has 0 saturated carbocycles. The standard InChI is InChI=1S/C33H33.C27H22.C5H5.2ClH.Zr/c1-32(2,3)30-20-26-24(18-28(30)22-13-9-7-10-14-22)17-25-19-29(23-15-11-8-12-16-23)31(21-27(25)26)33(4,5)6;1-5-13-22(14-6-1)26(23-15-7-2-8-16-23)21-27(24-17-9-3-10-18-24)25-19-11-4-12-20-25;1-2-4-5-3-1;;;/h7-21H,1-6H3;1-20,26-27H;1-3H,4H2;2*1H;. The van der Waals surface area contributed by atoms with Gasteiger partial charge in [-0.1, -0.05) is 0 Å².